The van der Waals surface area contributed by atoms with Crippen molar-refractivity contribution in [2.75, 3.05) is 0 Å². The highest BCUT2D eigenvalue weighted by atomic mass is 16.5. The number of para-hydroxylation sites is 2. The number of ether oxygens (including phenoxy) is 1. The van der Waals surface area contributed by atoms with Crippen LogP contribution in [0.15, 0.2) is 109 Å². The Hall–Kier alpha value is -5.23. The number of rotatable bonds is 5. The predicted octanol–water partition coefficient (Wildman–Crippen LogP) is 7.95. The summed E-state index contributed by atoms with van der Waals surface area (Å²) in [5, 5.41) is 15.3. The standard InChI is InChI=1S/C34H26N4O2/c1-21(2)40-34-36-32(35-33(37-34)27-14-8-9-15-30(27)39)23-16-18-26-29(20-23)38(24-11-4-3-5-12-24)28-19-17-22-10-6-7-13-25(22)31(26)28/h3-21,39H,1-2H3. The third-order valence-electron chi connectivity index (χ3n) is 7.03. The quantitative estimate of drug-likeness (QED) is 0.248. The number of benzene rings is 5. The zero-order chi connectivity index (χ0) is 27.2. The van der Waals surface area contributed by atoms with E-state index in [2.05, 4.69) is 87.3 Å². The first-order chi connectivity index (χ1) is 19.6. The molecule has 0 atom stereocenters. The van der Waals surface area contributed by atoms with Crippen molar-refractivity contribution < 1.29 is 9.84 Å². The molecule has 0 fully saturated rings. The lowest BCUT2D eigenvalue weighted by Gasteiger charge is -2.12. The maximum absolute atomic E-state index is 10.5. The minimum absolute atomic E-state index is 0.0988. The van der Waals surface area contributed by atoms with Crippen molar-refractivity contribution in [1.29, 1.82) is 0 Å². The van der Waals surface area contributed by atoms with Gasteiger partial charge in [0.05, 0.1) is 22.7 Å². The first-order valence-electron chi connectivity index (χ1n) is 13.3. The van der Waals surface area contributed by atoms with Crippen LogP contribution >= 0.6 is 0 Å². The number of fused-ring (bicyclic) bond motifs is 5. The van der Waals surface area contributed by atoms with Crippen molar-refractivity contribution in [2.45, 2.75) is 20.0 Å². The highest BCUT2D eigenvalue weighted by Gasteiger charge is 2.18. The molecule has 194 valence electrons. The smallest absolute Gasteiger partial charge is 0.320 e. The van der Waals surface area contributed by atoms with E-state index in [1.165, 1.54) is 16.2 Å². The van der Waals surface area contributed by atoms with Crippen molar-refractivity contribution in [1.82, 2.24) is 19.5 Å². The minimum atomic E-state index is -0.121. The Bertz CT molecular complexity index is 2030. The maximum atomic E-state index is 10.5. The zero-order valence-electron chi connectivity index (χ0n) is 22.1. The lowest BCUT2D eigenvalue weighted by Crippen LogP contribution is -2.10. The molecule has 0 amide bonds. The molecule has 0 radical (unpaired) electrons. The summed E-state index contributed by atoms with van der Waals surface area (Å²) < 4.78 is 8.20. The Kier molecular flexibility index (Phi) is 5.67. The van der Waals surface area contributed by atoms with Gasteiger partial charge in [0.15, 0.2) is 11.6 Å². The van der Waals surface area contributed by atoms with Gasteiger partial charge < -0.3 is 14.4 Å². The number of phenols is 1. The van der Waals surface area contributed by atoms with E-state index in [4.69, 9.17) is 9.72 Å². The monoisotopic (exact) mass is 522 g/mol. The predicted molar refractivity (Wildman–Crippen MR) is 160 cm³/mol. The van der Waals surface area contributed by atoms with E-state index in [1.54, 1.807) is 18.2 Å². The highest BCUT2D eigenvalue weighted by Crippen LogP contribution is 2.38. The lowest BCUT2D eigenvalue weighted by atomic mass is 10.0. The highest BCUT2D eigenvalue weighted by molar-refractivity contribution is 6.21. The minimum Gasteiger partial charge on any atom is -0.507 e. The van der Waals surface area contributed by atoms with E-state index in [0.717, 1.165) is 27.7 Å². The van der Waals surface area contributed by atoms with Crippen LogP contribution in [0.3, 0.4) is 0 Å². The molecule has 2 aromatic heterocycles. The fourth-order valence-electron chi connectivity index (χ4n) is 5.31. The van der Waals surface area contributed by atoms with E-state index in [9.17, 15) is 5.11 Å². The number of hydrogen-bond donors (Lipinski definition) is 1. The van der Waals surface area contributed by atoms with E-state index in [-0.39, 0.29) is 17.9 Å². The first kappa shape index (κ1) is 23.9. The van der Waals surface area contributed by atoms with Gasteiger partial charge in [-0.15, -0.1) is 0 Å². The second-order valence-electron chi connectivity index (χ2n) is 10.0. The van der Waals surface area contributed by atoms with Crippen LogP contribution in [-0.4, -0.2) is 30.7 Å². The number of aromatic nitrogens is 4. The Morgan fingerprint density at radius 1 is 0.675 bits per heavy atom. The average molecular weight is 523 g/mol. The van der Waals surface area contributed by atoms with Gasteiger partial charge >= 0.3 is 6.01 Å². The molecule has 0 spiro atoms. The van der Waals surface area contributed by atoms with Crippen molar-refractivity contribution in [3.05, 3.63) is 109 Å². The van der Waals surface area contributed by atoms with Gasteiger partial charge in [0, 0.05) is 22.0 Å². The van der Waals surface area contributed by atoms with Crippen LogP contribution in [0.5, 0.6) is 11.8 Å². The van der Waals surface area contributed by atoms with Gasteiger partial charge in [0.25, 0.3) is 0 Å². The maximum Gasteiger partial charge on any atom is 0.320 e. The molecule has 6 nitrogen and oxygen atoms in total. The zero-order valence-corrected chi connectivity index (χ0v) is 22.1. The van der Waals surface area contributed by atoms with Gasteiger partial charge in [-0.25, -0.2) is 4.98 Å². The molecule has 0 bridgehead atoms. The summed E-state index contributed by atoms with van der Waals surface area (Å²) in [5.74, 6) is 0.927. The molecule has 7 aromatic rings. The van der Waals surface area contributed by atoms with Gasteiger partial charge in [-0.05, 0) is 61.0 Å². The number of hydrogen-bond acceptors (Lipinski definition) is 5. The van der Waals surface area contributed by atoms with E-state index in [1.807, 2.05) is 32.0 Å². The molecule has 0 saturated heterocycles. The lowest BCUT2D eigenvalue weighted by molar-refractivity contribution is 0.222. The molecule has 0 saturated carbocycles. The Balaban J connectivity index is 1.51. The van der Waals surface area contributed by atoms with E-state index < -0.39 is 0 Å². The molecule has 6 heteroatoms. The van der Waals surface area contributed by atoms with Crippen LogP contribution in [0.4, 0.5) is 0 Å². The molecule has 0 aliphatic rings. The van der Waals surface area contributed by atoms with Gasteiger partial charge in [-0.2, -0.15) is 9.97 Å². The van der Waals surface area contributed by atoms with Crippen LogP contribution < -0.4 is 4.74 Å². The van der Waals surface area contributed by atoms with Crippen molar-refractivity contribution in [2.24, 2.45) is 0 Å². The molecular formula is C34H26N4O2. The van der Waals surface area contributed by atoms with Crippen molar-refractivity contribution >= 4 is 32.6 Å². The van der Waals surface area contributed by atoms with Crippen LogP contribution in [0.1, 0.15) is 13.8 Å². The summed E-state index contributed by atoms with van der Waals surface area (Å²) in [6.45, 7) is 3.86. The van der Waals surface area contributed by atoms with Crippen molar-refractivity contribution in [3.8, 4) is 40.2 Å². The van der Waals surface area contributed by atoms with Crippen LogP contribution in [0.25, 0.3) is 61.0 Å². The van der Waals surface area contributed by atoms with E-state index >= 15 is 0 Å². The first-order valence-corrected chi connectivity index (χ1v) is 13.3. The normalized spacial score (nSPS) is 11.6. The van der Waals surface area contributed by atoms with Crippen LogP contribution in [0, 0.1) is 0 Å². The fraction of sp³-hybridized carbons (Fsp3) is 0.0882. The topological polar surface area (TPSA) is 73.1 Å². The number of phenolic OH excluding ortho intramolecular Hbond substituents is 1. The molecule has 40 heavy (non-hydrogen) atoms. The van der Waals surface area contributed by atoms with Gasteiger partial charge in [0.1, 0.15) is 5.75 Å². The third-order valence-corrected chi connectivity index (χ3v) is 7.03. The average Bonchev–Trinajstić information content (AvgIpc) is 3.31. The summed E-state index contributed by atoms with van der Waals surface area (Å²) >= 11 is 0. The molecule has 5 aromatic carbocycles. The molecule has 7 rings (SSSR count). The summed E-state index contributed by atoms with van der Waals surface area (Å²) in [5.41, 5.74) is 4.59. The number of nitrogens with zero attached hydrogens (tertiary/aromatic N) is 4. The van der Waals surface area contributed by atoms with Crippen LogP contribution in [-0.2, 0) is 0 Å². The molecule has 0 aliphatic heterocycles. The summed E-state index contributed by atoms with van der Waals surface area (Å²) in [6, 6.07) is 36.8. The molecule has 0 unspecified atom stereocenters. The SMILES string of the molecule is CC(C)Oc1nc(-c2ccc3c4c5ccccc5ccc4n(-c4ccccc4)c3c2)nc(-c2ccccc2O)n1. The second kappa shape index (κ2) is 9.50. The third kappa shape index (κ3) is 4.01. The van der Waals surface area contributed by atoms with E-state index in [0.29, 0.717) is 17.2 Å². The molecule has 1 N–H and O–H groups in total. The van der Waals surface area contributed by atoms with Crippen LogP contribution in [0.2, 0.25) is 0 Å². The summed E-state index contributed by atoms with van der Waals surface area (Å²) in [6.07, 6.45) is -0.121. The largest absolute Gasteiger partial charge is 0.507 e. The van der Waals surface area contributed by atoms with Crippen molar-refractivity contribution in [3.63, 3.8) is 0 Å². The molecule has 2 heterocycles. The molecular weight excluding hydrogens is 496 g/mol. The summed E-state index contributed by atoms with van der Waals surface area (Å²) in [7, 11) is 0. The Morgan fingerprint density at radius 2 is 1.43 bits per heavy atom. The summed E-state index contributed by atoms with van der Waals surface area (Å²) in [4.78, 5) is 14.0. The second-order valence-corrected chi connectivity index (χ2v) is 10.0. The Morgan fingerprint density at radius 3 is 2.25 bits per heavy atom. The van der Waals surface area contributed by atoms with Gasteiger partial charge in [-0.1, -0.05) is 72.8 Å². The van der Waals surface area contributed by atoms with Gasteiger partial charge in [-0.3, -0.25) is 0 Å². The van der Waals surface area contributed by atoms with Gasteiger partial charge in [0.2, 0.25) is 0 Å². The fourth-order valence-corrected chi connectivity index (χ4v) is 5.31. The molecule has 0 aliphatic carbocycles. The number of aromatic hydroxyl groups is 1. The Labute approximate surface area is 231 Å².